The highest BCUT2D eigenvalue weighted by molar-refractivity contribution is 7.89. The van der Waals surface area contributed by atoms with Crippen LogP contribution in [0.25, 0.3) is 21.7 Å². The lowest BCUT2D eigenvalue weighted by Gasteiger charge is -2.23. The lowest BCUT2D eigenvalue weighted by atomic mass is 10.2. The van der Waals surface area contributed by atoms with Crippen LogP contribution in [0.15, 0.2) is 102 Å². The minimum absolute atomic E-state index is 0.0515. The summed E-state index contributed by atoms with van der Waals surface area (Å²) < 4.78 is 27.9. The number of carbonyl (C=O) groups excluding carboxylic acids is 1. The zero-order valence-corrected chi connectivity index (χ0v) is 17.5. The molecule has 32 heavy (non-hydrogen) atoms. The average molecular weight is 443 g/mol. The van der Waals surface area contributed by atoms with Gasteiger partial charge in [0.25, 0.3) is 10.0 Å². The van der Waals surface area contributed by atoms with Crippen molar-refractivity contribution >= 4 is 37.6 Å². The Morgan fingerprint density at radius 1 is 0.906 bits per heavy atom. The highest BCUT2D eigenvalue weighted by atomic mass is 32.2. The molecule has 2 heterocycles. The van der Waals surface area contributed by atoms with Crippen molar-refractivity contribution in [2.24, 2.45) is 0 Å². The minimum atomic E-state index is -4.39. The van der Waals surface area contributed by atoms with Gasteiger partial charge in [-0.2, -0.15) is 8.42 Å². The SMILES string of the molecule is O=C(c1ccccc1)N(Oc1ccc2[nH]ccc2c1)S(=O)(=O)c1cccc2cnccc12. The Morgan fingerprint density at radius 2 is 1.75 bits per heavy atom. The number of aromatic nitrogens is 2. The van der Waals surface area contributed by atoms with Crippen molar-refractivity contribution < 1.29 is 18.0 Å². The van der Waals surface area contributed by atoms with Gasteiger partial charge in [-0.1, -0.05) is 34.8 Å². The molecule has 0 unspecified atom stereocenters. The largest absolute Gasteiger partial charge is 0.361 e. The van der Waals surface area contributed by atoms with Gasteiger partial charge < -0.3 is 9.82 Å². The van der Waals surface area contributed by atoms with E-state index < -0.39 is 15.9 Å². The number of nitrogens with zero attached hydrogens (tertiary/aromatic N) is 2. The monoisotopic (exact) mass is 443 g/mol. The molecule has 3 aromatic carbocycles. The van der Waals surface area contributed by atoms with Crippen LogP contribution in [-0.4, -0.2) is 28.8 Å². The molecule has 0 bridgehead atoms. The molecule has 5 rings (SSSR count). The number of benzene rings is 3. The van der Waals surface area contributed by atoms with Crippen LogP contribution in [0, 0.1) is 0 Å². The van der Waals surface area contributed by atoms with Crippen LogP contribution in [0.3, 0.4) is 0 Å². The first-order chi connectivity index (χ1) is 15.5. The summed E-state index contributed by atoms with van der Waals surface area (Å²) >= 11 is 0. The third-order valence-corrected chi connectivity index (χ3v) is 6.63. The highest BCUT2D eigenvalue weighted by Crippen LogP contribution is 2.28. The molecule has 0 saturated carbocycles. The fraction of sp³-hybridized carbons (Fsp3) is 0. The van der Waals surface area contributed by atoms with E-state index in [4.69, 9.17) is 4.84 Å². The Bertz CT molecular complexity index is 1540. The summed E-state index contributed by atoms with van der Waals surface area (Å²) in [5.74, 6) is -0.585. The molecule has 0 atom stereocenters. The molecule has 2 aromatic heterocycles. The van der Waals surface area contributed by atoms with Crippen molar-refractivity contribution in [3.05, 3.63) is 103 Å². The summed E-state index contributed by atoms with van der Waals surface area (Å²) in [6, 6.07) is 21.4. The van der Waals surface area contributed by atoms with E-state index in [0.29, 0.717) is 15.2 Å². The first-order valence-electron chi connectivity index (χ1n) is 9.76. The molecule has 0 saturated heterocycles. The van der Waals surface area contributed by atoms with Crippen LogP contribution in [0.1, 0.15) is 10.4 Å². The standard InChI is InChI=1S/C24H17N3O4S/c28-24(17-5-2-1-3-6-17)27(31-20-9-10-22-18(15-20)11-14-26-22)32(29,30)23-8-4-7-19-16-25-13-12-21(19)23/h1-16,26H. The van der Waals surface area contributed by atoms with Gasteiger partial charge in [0.2, 0.25) is 0 Å². The number of nitrogens with one attached hydrogen (secondary N) is 1. The number of rotatable bonds is 5. The number of hydrogen-bond acceptors (Lipinski definition) is 5. The van der Waals surface area contributed by atoms with Crippen molar-refractivity contribution in [2.45, 2.75) is 4.90 Å². The second-order valence-electron chi connectivity index (χ2n) is 7.07. The van der Waals surface area contributed by atoms with Gasteiger partial charge in [-0.3, -0.25) is 9.78 Å². The third kappa shape index (κ3) is 3.46. The molecule has 0 aliphatic rings. The predicted octanol–water partition coefficient (Wildman–Crippen LogP) is 4.54. The van der Waals surface area contributed by atoms with Gasteiger partial charge in [-0.05, 0) is 48.5 Å². The number of H-pyrrole nitrogens is 1. The molecular formula is C24H17N3O4S. The van der Waals surface area contributed by atoms with Crippen molar-refractivity contribution in [3.63, 3.8) is 0 Å². The van der Waals surface area contributed by atoms with E-state index in [1.165, 1.54) is 24.4 Å². The Kier molecular flexibility index (Phi) is 4.84. The number of aromatic amines is 1. The number of sulfonamides is 1. The van der Waals surface area contributed by atoms with E-state index in [-0.39, 0.29) is 16.2 Å². The van der Waals surface area contributed by atoms with Crippen LogP contribution in [0.5, 0.6) is 5.75 Å². The van der Waals surface area contributed by atoms with Crippen LogP contribution < -0.4 is 4.84 Å². The Hall–Kier alpha value is -4.17. The molecule has 158 valence electrons. The number of fused-ring (bicyclic) bond motifs is 2. The molecule has 0 aliphatic carbocycles. The number of amides is 1. The molecule has 0 fully saturated rings. The second kappa shape index (κ2) is 7.82. The van der Waals surface area contributed by atoms with Gasteiger partial charge in [0.15, 0.2) is 5.75 Å². The number of hydrogen-bond donors (Lipinski definition) is 1. The van der Waals surface area contributed by atoms with Gasteiger partial charge >= 0.3 is 5.91 Å². The molecule has 0 aliphatic heterocycles. The van der Waals surface area contributed by atoms with Gasteiger partial charge in [0.05, 0.1) is 4.90 Å². The maximum atomic E-state index is 13.7. The maximum Gasteiger partial charge on any atom is 0.302 e. The Balaban J connectivity index is 1.65. The van der Waals surface area contributed by atoms with E-state index in [2.05, 4.69) is 9.97 Å². The number of pyridine rings is 1. The molecule has 1 N–H and O–H groups in total. The quantitative estimate of drug-likeness (QED) is 0.403. The Labute approximate surface area is 183 Å². The smallest absolute Gasteiger partial charge is 0.302 e. The average Bonchev–Trinajstić information content (AvgIpc) is 3.30. The zero-order valence-electron chi connectivity index (χ0n) is 16.7. The van der Waals surface area contributed by atoms with Gasteiger partial charge in [-0.15, -0.1) is 0 Å². The molecular weight excluding hydrogens is 426 g/mol. The summed E-state index contributed by atoms with van der Waals surface area (Å²) in [5.41, 5.74) is 1.04. The van der Waals surface area contributed by atoms with Crippen LogP contribution in [0.4, 0.5) is 0 Å². The van der Waals surface area contributed by atoms with Crippen molar-refractivity contribution in [1.29, 1.82) is 0 Å². The summed E-state index contributed by atoms with van der Waals surface area (Å²) in [6.45, 7) is 0. The first-order valence-corrected chi connectivity index (χ1v) is 11.2. The fourth-order valence-corrected chi connectivity index (χ4v) is 4.88. The molecule has 5 aromatic rings. The highest BCUT2D eigenvalue weighted by Gasteiger charge is 2.34. The third-order valence-electron chi connectivity index (χ3n) is 5.04. The summed E-state index contributed by atoms with van der Waals surface area (Å²) in [7, 11) is -4.39. The lowest BCUT2D eigenvalue weighted by molar-refractivity contribution is 0.0259. The van der Waals surface area contributed by atoms with Gasteiger partial charge in [0.1, 0.15) is 0 Å². The van der Waals surface area contributed by atoms with E-state index in [9.17, 15) is 13.2 Å². The second-order valence-corrected chi connectivity index (χ2v) is 8.80. The zero-order chi connectivity index (χ0) is 22.1. The van der Waals surface area contributed by atoms with Gasteiger partial charge in [0, 0.05) is 45.8 Å². The Morgan fingerprint density at radius 3 is 2.59 bits per heavy atom. The molecule has 7 nitrogen and oxygen atoms in total. The summed E-state index contributed by atoms with van der Waals surface area (Å²) in [4.78, 5) is 26.1. The minimum Gasteiger partial charge on any atom is -0.361 e. The lowest BCUT2D eigenvalue weighted by Crippen LogP contribution is -2.39. The topological polar surface area (TPSA) is 92.4 Å². The summed E-state index contributed by atoms with van der Waals surface area (Å²) in [6.07, 6.45) is 4.84. The van der Waals surface area contributed by atoms with E-state index in [0.717, 1.165) is 10.9 Å². The van der Waals surface area contributed by atoms with Crippen LogP contribution in [-0.2, 0) is 10.0 Å². The van der Waals surface area contributed by atoms with Gasteiger partial charge in [-0.25, -0.2) is 0 Å². The summed E-state index contributed by atoms with van der Waals surface area (Å²) in [5, 5.41) is 1.90. The van der Waals surface area contributed by atoms with Crippen molar-refractivity contribution in [3.8, 4) is 5.75 Å². The molecule has 0 spiro atoms. The maximum absolute atomic E-state index is 13.7. The fourth-order valence-electron chi connectivity index (χ4n) is 3.48. The van der Waals surface area contributed by atoms with Crippen molar-refractivity contribution in [1.82, 2.24) is 14.4 Å². The molecule has 1 amide bonds. The first kappa shape index (κ1) is 19.8. The van der Waals surface area contributed by atoms with E-state index >= 15 is 0 Å². The van der Waals surface area contributed by atoms with Crippen LogP contribution >= 0.6 is 0 Å². The predicted molar refractivity (Wildman–Crippen MR) is 120 cm³/mol. The van der Waals surface area contributed by atoms with Crippen molar-refractivity contribution in [2.75, 3.05) is 0 Å². The molecule has 8 heteroatoms. The van der Waals surface area contributed by atoms with E-state index in [1.807, 2.05) is 6.07 Å². The normalized spacial score (nSPS) is 11.5. The number of carbonyl (C=O) groups is 1. The van der Waals surface area contributed by atoms with Crippen LogP contribution in [0.2, 0.25) is 0 Å². The number of hydroxylamine groups is 1. The van der Waals surface area contributed by atoms with E-state index in [1.54, 1.807) is 67.0 Å². The molecule has 0 radical (unpaired) electrons.